The largest absolute Gasteiger partial charge is 0.444 e. The maximum Gasteiger partial charge on any atom is 0.411 e. The second-order valence-corrected chi connectivity index (χ2v) is 4.36. The summed E-state index contributed by atoms with van der Waals surface area (Å²) in [6.45, 7) is 2.16. The molecular formula is C17H15NO2. The molecule has 2 aromatic rings. The zero-order valence-electron chi connectivity index (χ0n) is 11.2. The Morgan fingerprint density at radius 2 is 2.00 bits per heavy atom. The van der Waals surface area contributed by atoms with Crippen LogP contribution in [0, 0.1) is 19.3 Å². The molecule has 0 saturated carbocycles. The van der Waals surface area contributed by atoms with Gasteiger partial charge in [0.15, 0.2) is 0 Å². The second kappa shape index (κ2) is 6.44. The number of ether oxygens (including phenoxy) is 1. The van der Waals surface area contributed by atoms with E-state index in [-0.39, 0.29) is 6.61 Å². The first kappa shape index (κ1) is 13.7. The number of anilines is 1. The van der Waals surface area contributed by atoms with Gasteiger partial charge in [0.25, 0.3) is 0 Å². The van der Waals surface area contributed by atoms with E-state index in [2.05, 4.69) is 11.2 Å². The Bertz CT molecular complexity index is 642. The van der Waals surface area contributed by atoms with E-state index in [1.54, 1.807) is 12.1 Å². The van der Waals surface area contributed by atoms with Crippen LogP contribution >= 0.6 is 0 Å². The molecule has 0 heterocycles. The van der Waals surface area contributed by atoms with Crippen molar-refractivity contribution in [2.45, 2.75) is 13.5 Å². The highest BCUT2D eigenvalue weighted by Crippen LogP contribution is 2.14. The van der Waals surface area contributed by atoms with Crippen molar-refractivity contribution in [3.63, 3.8) is 0 Å². The van der Waals surface area contributed by atoms with Crippen LogP contribution in [0.2, 0.25) is 0 Å². The Hall–Kier alpha value is -2.73. The van der Waals surface area contributed by atoms with Crippen molar-refractivity contribution in [1.29, 1.82) is 0 Å². The predicted octanol–water partition coefficient (Wildman–Crippen LogP) is 3.73. The van der Waals surface area contributed by atoms with Crippen molar-refractivity contribution < 1.29 is 9.53 Å². The summed E-state index contributed by atoms with van der Waals surface area (Å²) in [4.78, 5) is 11.7. The van der Waals surface area contributed by atoms with Gasteiger partial charge in [0.1, 0.15) is 6.61 Å². The molecular weight excluding hydrogens is 250 g/mol. The fraction of sp³-hybridized carbons (Fsp3) is 0.118. The van der Waals surface area contributed by atoms with Gasteiger partial charge in [0.05, 0.1) is 0 Å². The Morgan fingerprint density at radius 3 is 2.70 bits per heavy atom. The maximum atomic E-state index is 11.7. The number of hydrogen-bond acceptors (Lipinski definition) is 2. The Labute approximate surface area is 118 Å². The summed E-state index contributed by atoms with van der Waals surface area (Å²) in [5.41, 5.74) is 3.32. The van der Waals surface area contributed by atoms with Crippen LogP contribution in [-0.2, 0) is 11.3 Å². The standard InChI is InChI=1S/C17H15NO2/c1-3-15-11-16(10-9-13(15)2)18-17(19)20-12-14-7-5-4-6-8-14/h1,4-11H,12H2,2H3,(H,18,19). The van der Waals surface area contributed by atoms with E-state index in [9.17, 15) is 4.79 Å². The molecule has 0 fully saturated rings. The fourth-order valence-electron chi connectivity index (χ4n) is 1.73. The van der Waals surface area contributed by atoms with E-state index in [4.69, 9.17) is 11.2 Å². The van der Waals surface area contributed by atoms with Gasteiger partial charge in [-0.1, -0.05) is 42.3 Å². The van der Waals surface area contributed by atoms with Crippen LogP contribution in [0.1, 0.15) is 16.7 Å². The molecule has 0 atom stereocenters. The van der Waals surface area contributed by atoms with Gasteiger partial charge < -0.3 is 4.74 Å². The van der Waals surface area contributed by atoms with Gasteiger partial charge in [0.2, 0.25) is 0 Å². The highest BCUT2D eigenvalue weighted by molar-refractivity contribution is 5.85. The minimum atomic E-state index is -0.499. The summed E-state index contributed by atoms with van der Waals surface area (Å²) in [6, 6.07) is 14.9. The molecule has 3 heteroatoms. The number of carbonyl (C=O) groups is 1. The first-order valence-corrected chi connectivity index (χ1v) is 6.24. The summed E-state index contributed by atoms with van der Waals surface area (Å²) in [6.07, 6.45) is 4.89. The number of nitrogens with one attached hydrogen (secondary N) is 1. The van der Waals surface area contributed by atoms with Gasteiger partial charge >= 0.3 is 6.09 Å². The van der Waals surface area contributed by atoms with Crippen molar-refractivity contribution in [3.8, 4) is 12.3 Å². The van der Waals surface area contributed by atoms with E-state index in [0.717, 1.165) is 16.7 Å². The molecule has 3 nitrogen and oxygen atoms in total. The van der Waals surface area contributed by atoms with Gasteiger partial charge in [-0.25, -0.2) is 4.79 Å². The van der Waals surface area contributed by atoms with Crippen LogP contribution in [0.5, 0.6) is 0 Å². The van der Waals surface area contributed by atoms with Crippen LogP contribution in [0.3, 0.4) is 0 Å². The summed E-state index contributed by atoms with van der Waals surface area (Å²) in [5, 5.41) is 2.66. The molecule has 100 valence electrons. The summed E-state index contributed by atoms with van der Waals surface area (Å²) in [7, 11) is 0. The highest BCUT2D eigenvalue weighted by atomic mass is 16.5. The number of carbonyl (C=O) groups excluding carboxylic acids is 1. The van der Waals surface area contributed by atoms with Crippen molar-refractivity contribution in [2.75, 3.05) is 5.32 Å². The van der Waals surface area contributed by atoms with Gasteiger partial charge in [0, 0.05) is 11.3 Å². The minimum Gasteiger partial charge on any atom is -0.444 e. The summed E-state index contributed by atoms with van der Waals surface area (Å²) >= 11 is 0. The van der Waals surface area contributed by atoms with Crippen LogP contribution in [0.15, 0.2) is 48.5 Å². The number of benzene rings is 2. The SMILES string of the molecule is C#Cc1cc(NC(=O)OCc2ccccc2)ccc1C. The van der Waals surface area contributed by atoms with Gasteiger partial charge in [-0.3, -0.25) is 5.32 Å². The van der Waals surface area contributed by atoms with Crippen molar-refractivity contribution in [3.05, 3.63) is 65.2 Å². The minimum absolute atomic E-state index is 0.237. The highest BCUT2D eigenvalue weighted by Gasteiger charge is 2.05. The lowest BCUT2D eigenvalue weighted by Crippen LogP contribution is -2.13. The topological polar surface area (TPSA) is 38.3 Å². The zero-order valence-corrected chi connectivity index (χ0v) is 11.2. The molecule has 0 bridgehead atoms. The van der Waals surface area contributed by atoms with Crippen molar-refractivity contribution in [2.24, 2.45) is 0 Å². The van der Waals surface area contributed by atoms with E-state index in [1.807, 2.05) is 43.3 Å². The quantitative estimate of drug-likeness (QED) is 0.859. The lowest BCUT2D eigenvalue weighted by molar-refractivity contribution is 0.155. The van der Waals surface area contributed by atoms with Crippen molar-refractivity contribution >= 4 is 11.8 Å². The number of terminal acetylenes is 1. The molecule has 20 heavy (non-hydrogen) atoms. The summed E-state index contributed by atoms with van der Waals surface area (Å²) in [5.74, 6) is 2.57. The molecule has 1 N–H and O–H groups in total. The Kier molecular flexibility index (Phi) is 4.41. The molecule has 0 unspecified atom stereocenters. The molecule has 1 amide bonds. The van der Waals surface area contributed by atoms with E-state index in [1.165, 1.54) is 0 Å². The van der Waals surface area contributed by atoms with Crippen LogP contribution < -0.4 is 5.32 Å². The van der Waals surface area contributed by atoms with Crippen LogP contribution in [0.4, 0.5) is 10.5 Å². The second-order valence-electron chi connectivity index (χ2n) is 4.36. The van der Waals surface area contributed by atoms with Crippen LogP contribution in [0.25, 0.3) is 0 Å². The monoisotopic (exact) mass is 265 g/mol. The van der Waals surface area contributed by atoms with Crippen LogP contribution in [-0.4, -0.2) is 6.09 Å². The first-order valence-electron chi connectivity index (χ1n) is 6.24. The zero-order chi connectivity index (χ0) is 14.4. The van der Waals surface area contributed by atoms with Gasteiger partial charge in [-0.2, -0.15) is 0 Å². The average molecular weight is 265 g/mol. The lowest BCUT2D eigenvalue weighted by Gasteiger charge is -2.08. The summed E-state index contributed by atoms with van der Waals surface area (Å²) < 4.78 is 5.13. The molecule has 0 aliphatic carbocycles. The molecule has 2 rings (SSSR count). The molecule has 0 aliphatic rings. The molecule has 0 radical (unpaired) electrons. The number of aryl methyl sites for hydroxylation is 1. The normalized spacial score (nSPS) is 9.60. The lowest BCUT2D eigenvalue weighted by atomic mass is 10.1. The molecule has 2 aromatic carbocycles. The fourth-order valence-corrected chi connectivity index (χ4v) is 1.73. The third kappa shape index (κ3) is 3.63. The van der Waals surface area contributed by atoms with Crippen molar-refractivity contribution in [1.82, 2.24) is 0 Å². The average Bonchev–Trinajstić information content (AvgIpc) is 2.48. The number of hydrogen-bond donors (Lipinski definition) is 1. The number of rotatable bonds is 3. The maximum absolute atomic E-state index is 11.7. The third-order valence-electron chi connectivity index (χ3n) is 2.85. The Balaban J connectivity index is 1.93. The molecule has 0 aliphatic heterocycles. The van der Waals surface area contributed by atoms with E-state index in [0.29, 0.717) is 5.69 Å². The van der Waals surface area contributed by atoms with E-state index < -0.39 is 6.09 Å². The third-order valence-corrected chi connectivity index (χ3v) is 2.85. The van der Waals surface area contributed by atoms with Gasteiger partial charge in [-0.05, 0) is 30.2 Å². The van der Waals surface area contributed by atoms with Gasteiger partial charge in [-0.15, -0.1) is 6.42 Å². The molecule has 0 saturated heterocycles. The predicted molar refractivity (Wildman–Crippen MR) is 79.4 cm³/mol. The smallest absolute Gasteiger partial charge is 0.411 e. The molecule has 0 spiro atoms. The first-order chi connectivity index (χ1) is 9.69. The van der Waals surface area contributed by atoms with E-state index >= 15 is 0 Å². The number of amides is 1. The molecule has 0 aromatic heterocycles. The Morgan fingerprint density at radius 1 is 1.25 bits per heavy atom.